The topological polar surface area (TPSA) is 56.7 Å². The summed E-state index contributed by atoms with van der Waals surface area (Å²) in [5, 5.41) is 1.07. The summed E-state index contributed by atoms with van der Waals surface area (Å²) in [7, 11) is 1.89. The molecule has 0 spiro atoms. The molecule has 0 amide bonds. The van der Waals surface area contributed by atoms with E-state index in [0.29, 0.717) is 5.95 Å². The van der Waals surface area contributed by atoms with Gasteiger partial charge in [-0.25, -0.2) is 9.97 Å². The third-order valence-electron chi connectivity index (χ3n) is 2.17. The molecular formula is C9H12N4S. The maximum atomic E-state index is 5.66. The van der Waals surface area contributed by atoms with Crippen LogP contribution in [0.1, 0.15) is 9.88 Å². The highest BCUT2D eigenvalue weighted by atomic mass is 32.1. The summed E-state index contributed by atoms with van der Waals surface area (Å²) in [6.07, 6.45) is 1.76. The first-order valence-electron chi connectivity index (χ1n) is 4.31. The lowest BCUT2D eigenvalue weighted by molar-refractivity contribution is 0.932. The van der Waals surface area contributed by atoms with Crippen LogP contribution in [-0.4, -0.2) is 14.5 Å². The van der Waals surface area contributed by atoms with E-state index in [2.05, 4.69) is 16.9 Å². The van der Waals surface area contributed by atoms with Gasteiger partial charge in [-0.2, -0.15) is 0 Å². The molecule has 2 heterocycles. The number of thiazole rings is 1. The number of nitrogens with zero attached hydrogens (tertiary/aromatic N) is 3. The fourth-order valence-electron chi connectivity index (χ4n) is 1.41. The SMILES string of the molecule is Cc1nc(-c2cnc(N)n2C)c(C)s1. The Morgan fingerprint density at radius 3 is 2.57 bits per heavy atom. The molecular weight excluding hydrogens is 196 g/mol. The van der Waals surface area contributed by atoms with Crippen molar-refractivity contribution in [1.82, 2.24) is 14.5 Å². The molecule has 2 aromatic heterocycles. The van der Waals surface area contributed by atoms with Gasteiger partial charge in [-0.15, -0.1) is 11.3 Å². The summed E-state index contributed by atoms with van der Waals surface area (Å²) >= 11 is 1.69. The van der Waals surface area contributed by atoms with E-state index in [9.17, 15) is 0 Å². The second-order valence-electron chi connectivity index (χ2n) is 3.20. The quantitative estimate of drug-likeness (QED) is 0.776. The van der Waals surface area contributed by atoms with Gasteiger partial charge in [-0.05, 0) is 13.8 Å². The van der Waals surface area contributed by atoms with Gasteiger partial charge in [0.05, 0.1) is 16.9 Å². The number of hydrogen-bond donors (Lipinski definition) is 1. The fraction of sp³-hybridized carbons (Fsp3) is 0.333. The molecule has 2 rings (SSSR count). The summed E-state index contributed by atoms with van der Waals surface area (Å²) in [5.74, 6) is 0.519. The van der Waals surface area contributed by atoms with Gasteiger partial charge in [-0.3, -0.25) is 0 Å². The van der Waals surface area contributed by atoms with E-state index >= 15 is 0 Å². The molecule has 0 aliphatic heterocycles. The Morgan fingerprint density at radius 1 is 1.43 bits per heavy atom. The van der Waals surface area contributed by atoms with Gasteiger partial charge < -0.3 is 10.3 Å². The Balaban J connectivity index is 2.59. The van der Waals surface area contributed by atoms with Crippen molar-refractivity contribution in [1.29, 1.82) is 0 Å². The molecule has 2 N–H and O–H groups in total. The number of aryl methyl sites for hydroxylation is 2. The summed E-state index contributed by atoms with van der Waals surface area (Å²) in [4.78, 5) is 9.70. The first-order chi connectivity index (χ1) is 6.59. The average molecular weight is 208 g/mol. The number of imidazole rings is 1. The van der Waals surface area contributed by atoms with Gasteiger partial charge in [0, 0.05) is 11.9 Å². The minimum Gasteiger partial charge on any atom is -0.369 e. The third kappa shape index (κ3) is 1.29. The third-order valence-corrected chi connectivity index (χ3v) is 3.06. The second kappa shape index (κ2) is 3.09. The zero-order chi connectivity index (χ0) is 10.3. The van der Waals surface area contributed by atoms with E-state index in [0.717, 1.165) is 16.4 Å². The van der Waals surface area contributed by atoms with E-state index in [-0.39, 0.29) is 0 Å². The molecule has 14 heavy (non-hydrogen) atoms. The van der Waals surface area contributed by atoms with Crippen LogP contribution in [0.25, 0.3) is 11.4 Å². The minimum absolute atomic E-state index is 0.519. The van der Waals surface area contributed by atoms with E-state index in [4.69, 9.17) is 5.73 Å². The number of anilines is 1. The van der Waals surface area contributed by atoms with Crippen LogP contribution in [0.15, 0.2) is 6.20 Å². The largest absolute Gasteiger partial charge is 0.369 e. The Morgan fingerprint density at radius 2 is 2.14 bits per heavy atom. The zero-order valence-corrected chi connectivity index (χ0v) is 9.22. The number of rotatable bonds is 1. The molecule has 0 fully saturated rings. The van der Waals surface area contributed by atoms with Crippen LogP contribution in [0.4, 0.5) is 5.95 Å². The van der Waals surface area contributed by atoms with Gasteiger partial charge in [0.25, 0.3) is 0 Å². The molecule has 0 aromatic carbocycles. The van der Waals surface area contributed by atoms with Gasteiger partial charge >= 0.3 is 0 Å². The first kappa shape index (κ1) is 9.21. The van der Waals surface area contributed by atoms with Gasteiger partial charge in [0.1, 0.15) is 5.69 Å². The van der Waals surface area contributed by atoms with Gasteiger partial charge in [0.15, 0.2) is 5.95 Å². The molecule has 0 saturated heterocycles. The van der Waals surface area contributed by atoms with Crippen molar-refractivity contribution in [3.05, 3.63) is 16.1 Å². The van der Waals surface area contributed by atoms with Crippen molar-refractivity contribution in [2.24, 2.45) is 7.05 Å². The summed E-state index contributed by atoms with van der Waals surface area (Å²) in [5.41, 5.74) is 7.62. The van der Waals surface area contributed by atoms with Crippen molar-refractivity contribution >= 4 is 17.3 Å². The molecule has 5 heteroatoms. The molecule has 0 unspecified atom stereocenters. The standard InChI is InChI=1S/C9H12N4S/c1-5-8(12-6(2)14-5)7-4-11-9(10)13(7)3/h4H,1-3H3,(H2,10,11). The number of aromatic nitrogens is 3. The van der Waals surface area contributed by atoms with Gasteiger partial charge in [0.2, 0.25) is 0 Å². The van der Waals surface area contributed by atoms with Crippen LogP contribution in [0.2, 0.25) is 0 Å². The molecule has 4 nitrogen and oxygen atoms in total. The lowest BCUT2D eigenvalue weighted by Gasteiger charge is -2.00. The lowest BCUT2D eigenvalue weighted by atomic mass is 10.3. The summed E-state index contributed by atoms with van der Waals surface area (Å²) in [6.45, 7) is 4.06. The average Bonchev–Trinajstić information content (AvgIpc) is 2.59. The molecule has 0 bridgehead atoms. The smallest absolute Gasteiger partial charge is 0.200 e. The number of hydrogen-bond acceptors (Lipinski definition) is 4. The fourth-order valence-corrected chi connectivity index (χ4v) is 2.24. The van der Waals surface area contributed by atoms with Crippen LogP contribution in [0.3, 0.4) is 0 Å². The number of nitrogen functional groups attached to an aromatic ring is 1. The van der Waals surface area contributed by atoms with Crippen LogP contribution in [0, 0.1) is 13.8 Å². The van der Waals surface area contributed by atoms with E-state index < -0.39 is 0 Å². The maximum Gasteiger partial charge on any atom is 0.200 e. The Bertz CT molecular complexity index is 469. The van der Waals surface area contributed by atoms with Crippen molar-refractivity contribution < 1.29 is 0 Å². The zero-order valence-electron chi connectivity index (χ0n) is 8.40. The van der Waals surface area contributed by atoms with Crippen LogP contribution in [0.5, 0.6) is 0 Å². The number of nitrogens with two attached hydrogens (primary N) is 1. The Hall–Kier alpha value is -1.36. The Labute approximate surface area is 86.4 Å². The lowest BCUT2D eigenvalue weighted by Crippen LogP contribution is -1.99. The van der Waals surface area contributed by atoms with Gasteiger partial charge in [-0.1, -0.05) is 0 Å². The van der Waals surface area contributed by atoms with Crippen molar-refractivity contribution in [2.75, 3.05) is 5.73 Å². The predicted molar refractivity (Wildman–Crippen MR) is 58.2 cm³/mol. The van der Waals surface area contributed by atoms with E-state index in [1.807, 2.05) is 18.5 Å². The summed E-state index contributed by atoms with van der Waals surface area (Å²) in [6, 6.07) is 0. The predicted octanol–water partition coefficient (Wildman–Crippen LogP) is 1.74. The molecule has 0 saturated carbocycles. The molecule has 0 aliphatic carbocycles. The second-order valence-corrected chi connectivity index (χ2v) is 4.61. The summed E-state index contributed by atoms with van der Waals surface area (Å²) < 4.78 is 1.85. The van der Waals surface area contributed by atoms with E-state index in [1.165, 1.54) is 4.88 Å². The highest BCUT2D eigenvalue weighted by Crippen LogP contribution is 2.27. The first-order valence-corrected chi connectivity index (χ1v) is 5.13. The van der Waals surface area contributed by atoms with Crippen molar-refractivity contribution in [2.45, 2.75) is 13.8 Å². The Kier molecular flexibility index (Phi) is 2.03. The van der Waals surface area contributed by atoms with Crippen molar-refractivity contribution in [3.8, 4) is 11.4 Å². The van der Waals surface area contributed by atoms with Crippen LogP contribution >= 0.6 is 11.3 Å². The molecule has 74 valence electrons. The van der Waals surface area contributed by atoms with Crippen LogP contribution < -0.4 is 5.73 Å². The molecule has 0 atom stereocenters. The van der Waals surface area contributed by atoms with E-state index in [1.54, 1.807) is 17.5 Å². The highest BCUT2D eigenvalue weighted by Gasteiger charge is 2.12. The molecule has 2 aromatic rings. The monoisotopic (exact) mass is 208 g/mol. The maximum absolute atomic E-state index is 5.66. The molecule has 0 aliphatic rings. The normalized spacial score (nSPS) is 10.8. The van der Waals surface area contributed by atoms with Crippen molar-refractivity contribution in [3.63, 3.8) is 0 Å². The molecule has 0 radical (unpaired) electrons. The van der Waals surface area contributed by atoms with Crippen LogP contribution in [-0.2, 0) is 7.05 Å². The minimum atomic E-state index is 0.519. The highest BCUT2D eigenvalue weighted by molar-refractivity contribution is 7.11.